The minimum absolute atomic E-state index is 0.312. The molecule has 0 atom stereocenters. The minimum atomic E-state index is -1.18. The van der Waals surface area contributed by atoms with Gasteiger partial charge in [0.1, 0.15) is 13.2 Å². The van der Waals surface area contributed by atoms with Gasteiger partial charge in [0.25, 0.3) is 5.91 Å². The average molecular weight is 321 g/mol. The maximum absolute atomic E-state index is 11.7. The molecule has 0 aliphatic rings. The molecule has 0 aliphatic heterocycles. The van der Waals surface area contributed by atoms with E-state index in [9.17, 15) is 14.4 Å². The van der Waals surface area contributed by atoms with Crippen molar-refractivity contribution in [3.8, 4) is 0 Å². The summed E-state index contributed by atoms with van der Waals surface area (Å²) in [6, 6.07) is 2.91. The number of imide groups is 1. The van der Waals surface area contributed by atoms with Gasteiger partial charge in [-0.25, -0.2) is 9.59 Å². The minimum Gasteiger partial charge on any atom is -0.480 e. The number of hydrogen-bond acceptors (Lipinski definition) is 5. The lowest BCUT2D eigenvalue weighted by atomic mass is 10.4. The van der Waals surface area contributed by atoms with Crippen LogP contribution < -0.4 is 5.32 Å². The highest BCUT2D eigenvalue weighted by Crippen LogP contribution is 2.22. The van der Waals surface area contributed by atoms with E-state index in [1.54, 1.807) is 12.1 Å². The highest BCUT2D eigenvalue weighted by Gasteiger charge is 2.14. The molecular formula is C11H13ClN2O5S. The van der Waals surface area contributed by atoms with Crippen LogP contribution in [-0.4, -0.2) is 48.2 Å². The number of hydrogen-bond donors (Lipinski definition) is 2. The van der Waals surface area contributed by atoms with E-state index >= 15 is 0 Å². The molecule has 2 N–H and O–H groups in total. The van der Waals surface area contributed by atoms with Crippen LogP contribution in [0, 0.1) is 0 Å². The van der Waals surface area contributed by atoms with Crippen LogP contribution in [0.1, 0.15) is 4.88 Å². The van der Waals surface area contributed by atoms with Crippen molar-refractivity contribution in [2.24, 2.45) is 0 Å². The molecule has 3 amide bonds. The molecule has 0 aromatic carbocycles. The Morgan fingerprint density at radius 2 is 2.10 bits per heavy atom. The maximum Gasteiger partial charge on any atom is 0.329 e. The Labute approximate surface area is 124 Å². The van der Waals surface area contributed by atoms with E-state index in [-0.39, 0.29) is 0 Å². The van der Waals surface area contributed by atoms with Crippen molar-refractivity contribution in [1.82, 2.24) is 10.2 Å². The summed E-state index contributed by atoms with van der Waals surface area (Å²) in [5.74, 6) is -1.89. The molecule has 1 heterocycles. The zero-order valence-electron chi connectivity index (χ0n) is 10.6. The van der Waals surface area contributed by atoms with Crippen molar-refractivity contribution >= 4 is 40.8 Å². The number of thiophene rings is 1. The molecule has 0 unspecified atom stereocenters. The number of carbonyl (C=O) groups excluding carboxylic acids is 2. The molecule has 1 rings (SSSR count). The molecule has 0 radical (unpaired) electrons. The van der Waals surface area contributed by atoms with Gasteiger partial charge in [0, 0.05) is 11.9 Å². The molecule has 20 heavy (non-hydrogen) atoms. The molecule has 0 saturated carbocycles. The quantitative estimate of drug-likeness (QED) is 0.820. The summed E-state index contributed by atoms with van der Waals surface area (Å²) in [5, 5.41) is 10.4. The van der Waals surface area contributed by atoms with E-state index in [2.05, 4.69) is 10.1 Å². The van der Waals surface area contributed by atoms with Gasteiger partial charge in [-0.15, -0.1) is 11.3 Å². The SMILES string of the molecule is CN(Cc1ccc(Cl)s1)C(=O)NC(=O)COCC(=O)O. The molecular weight excluding hydrogens is 308 g/mol. The maximum atomic E-state index is 11.7. The van der Waals surface area contributed by atoms with E-state index in [1.165, 1.54) is 23.3 Å². The lowest BCUT2D eigenvalue weighted by Crippen LogP contribution is -2.42. The first-order chi connectivity index (χ1) is 9.38. The third-order valence-corrected chi connectivity index (χ3v) is 3.29. The predicted octanol–water partition coefficient (Wildman–Crippen LogP) is 1.17. The van der Waals surface area contributed by atoms with Crippen LogP contribution in [0.3, 0.4) is 0 Å². The van der Waals surface area contributed by atoms with Crippen LogP contribution in [0.2, 0.25) is 4.34 Å². The molecule has 7 nitrogen and oxygen atoms in total. The fraction of sp³-hybridized carbons (Fsp3) is 0.364. The highest BCUT2D eigenvalue weighted by atomic mass is 35.5. The normalized spacial score (nSPS) is 10.1. The largest absolute Gasteiger partial charge is 0.480 e. The van der Waals surface area contributed by atoms with Crippen molar-refractivity contribution in [2.75, 3.05) is 20.3 Å². The molecule has 0 fully saturated rings. The van der Waals surface area contributed by atoms with Gasteiger partial charge in [0.2, 0.25) is 0 Å². The van der Waals surface area contributed by atoms with Crippen LogP contribution in [0.25, 0.3) is 0 Å². The van der Waals surface area contributed by atoms with Gasteiger partial charge in [-0.3, -0.25) is 10.1 Å². The van der Waals surface area contributed by atoms with Gasteiger partial charge in [-0.1, -0.05) is 11.6 Å². The summed E-state index contributed by atoms with van der Waals surface area (Å²) < 4.78 is 5.18. The van der Waals surface area contributed by atoms with E-state index < -0.39 is 31.1 Å². The first-order valence-electron chi connectivity index (χ1n) is 5.47. The lowest BCUT2D eigenvalue weighted by Gasteiger charge is -2.16. The summed E-state index contributed by atoms with van der Waals surface area (Å²) in [4.78, 5) is 35.3. The fourth-order valence-corrected chi connectivity index (χ4v) is 2.37. The van der Waals surface area contributed by atoms with E-state index in [4.69, 9.17) is 16.7 Å². The van der Waals surface area contributed by atoms with Crippen LogP contribution >= 0.6 is 22.9 Å². The molecule has 0 bridgehead atoms. The van der Waals surface area contributed by atoms with Crippen molar-refractivity contribution < 1.29 is 24.2 Å². The fourth-order valence-electron chi connectivity index (χ4n) is 1.22. The third kappa shape index (κ3) is 6.00. The molecule has 110 valence electrons. The van der Waals surface area contributed by atoms with Gasteiger partial charge in [-0.05, 0) is 12.1 Å². The molecule has 1 aromatic rings. The van der Waals surface area contributed by atoms with Gasteiger partial charge in [0.05, 0.1) is 10.9 Å². The van der Waals surface area contributed by atoms with E-state index in [1.807, 2.05) is 0 Å². The topological polar surface area (TPSA) is 95.9 Å². The van der Waals surface area contributed by atoms with E-state index in [0.29, 0.717) is 10.9 Å². The summed E-state index contributed by atoms with van der Waals surface area (Å²) in [6.45, 7) is -0.770. The van der Waals surface area contributed by atoms with Crippen LogP contribution in [0.4, 0.5) is 4.79 Å². The van der Waals surface area contributed by atoms with Crippen molar-refractivity contribution in [2.45, 2.75) is 6.54 Å². The summed E-state index contributed by atoms with van der Waals surface area (Å²) in [7, 11) is 1.52. The zero-order chi connectivity index (χ0) is 15.1. The Kier molecular flexibility index (Phi) is 6.43. The number of carbonyl (C=O) groups is 3. The molecule has 1 aromatic heterocycles. The number of ether oxygens (including phenoxy) is 1. The lowest BCUT2D eigenvalue weighted by molar-refractivity contribution is -0.143. The predicted molar refractivity (Wildman–Crippen MR) is 72.8 cm³/mol. The van der Waals surface area contributed by atoms with Crippen molar-refractivity contribution in [3.63, 3.8) is 0 Å². The zero-order valence-corrected chi connectivity index (χ0v) is 12.2. The van der Waals surface area contributed by atoms with Gasteiger partial charge in [0.15, 0.2) is 0 Å². The molecule has 0 saturated heterocycles. The van der Waals surface area contributed by atoms with Crippen molar-refractivity contribution in [3.05, 3.63) is 21.3 Å². The molecule has 9 heteroatoms. The molecule has 0 spiro atoms. The number of carboxylic acid groups (broad SMARTS) is 1. The molecule has 0 aliphatic carbocycles. The van der Waals surface area contributed by atoms with Crippen LogP contribution in [0.5, 0.6) is 0 Å². The van der Waals surface area contributed by atoms with Gasteiger partial charge in [-0.2, -0.15) is 0 Å². The number of halogens is 1. The number of amides is 3. The number of nitrogens with zero attached hydrogens (tertiary/aromatic N) is 1. The standard InChI is InChI=1S/C11H13ClN2O5S/c1-14(4-7-2-3-8(12)20-7)11(18)13-9(15)5-19-6-10(16)17/h2-3H,4-6H2,1H3,(H,16,17)(H,13,15,18). The van der Waals surface area contributed by atoms with Gasteiger partial charge < -0.3 is 14.7 Å². The number of urea groups is 1. The third-order valence-electron chi connectivity index (χ3n) is 2.07. The Hall–Kier alpha value is -1.64. The van der Waals surface area contributed by atoms with Crippen LogP contribution in [0.15, 0.2) is 12.1 Å². The summed E-state index contributed by atoms with van der Waals surface area (Å²) >= 11 is 7.11. The first kappa shape index (κ1) is 16.4. The number of aliphatic carboxylic acids is 1. The Morgan fingerprint density at radius 3 is 2.65 bits per heavy atom. The Bertz CT molecular complexity index is 505. The number of carboxylic acids is 1. The van der Waals surface area contributed by atoms with Crippen molar-refractivity contribution in [1.29, 1.82) is 0 Å². The van der Waals surface area contributed by atoms with E-state index in [0.717, 1.165) is 4.88 Å². The smallest absolute Gasteiger partial charge is 0.329 e. The highest BCUT2D eigenvalue weighted by molar-refractivity contribution is 7.16. The Morgan fingerprint density at radius 1 is 1.40 bits per heavy atom. The second-order valence-corrected chi connectivity index (χ2v) is 5.60. The van der Waals surface area contributed by atoms with Crippen LogP contribution in [-0.2, 0) is 20.9 Å². The summed E-state index contributed by atoms with van der Waals surface area (Å²) in [6.07, 6.45) is 0. The monoisotopic (exact) mass is 320 g/mol. The Balaban J connectivity index is 2.33. The summed E-state index contributed by atoms with van der Waals surface area (Å²) in [5.41, 5.74) is 0. The number of rotatable bonds is 6. The van der Waals surface area contributed by atoms with Gasteiger partial charge >= 0.3 is 12.0 Å². The first-order valence-corrected chi connectivity index (χ1v) is 6.66. The second-order valence-electron chi connectivity index (χ2n) is 3.80. The average Bonchev–Trinajstić information content (AvgIpc) is 2.74. The second kappa shape index (κ2) is 7.83. The number of nitrogens with one attached hydrogen (secondary N) is 1.